The first kappa shape index (κ1) is 13.9. The molecule has 1 aliphatic carbocycles. The molecule has 0 aromatic rings. The van der Waals surface area contributed by atoms with Crippen LogP contribution in [0.25, 0.3) is 0 Å². The normalized spacial score (nSPS) is 25.9. The molecule has 0 aliphatic heterocycles. The molecule has 2 N–H and O–H groups in total. The highest BCUT2D eigenvalue weighted by atomic mass is 16.1. The molecule has 0 heterocycles. The van der Waals surface area contributed by atoms with Crippen molar-refractivity contribution in [2.75, 3.05) is 7.05 Å². The number of aliphatic imine (C=N–C) groups is 1. The van der Waals surface area contributed by atoms with Crippen molar-refractivity contribution in [3.05, 3.63) is 11.6 Å². The largest absolute Gasteiger partial charge is 0.364 e. The smallest absolute Gasteiger partial charge is 0.266 e. The Hall–Kier alpha value is -1.12. The number of hydrogen-bond donors (Lipinski definition) is 1. The first-order chi connectivity index (χ1) is 7.95. The topological polar surface area (TPSA) is 55.4 Å². The first-order valence-corrected chi connectivity index (χ1v) is 6.42. The quantitative estimate of drug-likeness (QED) is 0.733. The number of amides is 1. The summed E-state index contributed by atoms with van der Waals surface area (Å²) >= 11 is 0. The van der Waals surface area contributed by atoms with E-state index in [1.54, 1.807) is 7.05 Å². The van der Waals surface area contributed by atoms with Gasteiger partial charge in [0.05, 0.1) is 0 Å². The van der Waals surface area contributed by atoms with E-state index < -0.39 is 5.91 Å². The van der Waals surface area contributed by atoms with Crippen LogP contribution in [-0.2, 0) is 4.79 Å². The minimum absolute atomic E-state index is 0.403. The molecule has 3 nitrogen and oxygen atoms in total. The molecule has 17 heavy (non-hydrogen) atoms. The minimum Gasteiger partial charge on any atom is -0.364 e. The zero-order valence-corrected chi connectivity index (χ0v) is 11.4. The minimum atomic E-state index is -0.430. The number of carbonyl (C=O) groups is 1. The third-order valence-electron chi connectivity index (χ3n) is 3.56. The van der Waals surface area contributed by atoms with Crippen molar-refractivity contribution in [3.8, 4) is 0 Å². The predicted octanol–water partition coefficient (Wildman–Crippen LogP) is 2.56. The van der Waals surface area contributed by atoms with E-state index >= 15 is 0 Å². The lowest BCUT2D eigenvalue weighted by Gasteiger charge is -2.36. The van der Waals surface area contributed by atoms with E-state index in [0.29, 0.717) is 17.5 Å². The third-order valence-corrected chi connectivity index (χ3v) is 3.56. The maximum Gasteiger partial charge on any atom is 0.266 e. The van der Waals surface area contributed by atoms with Crippen LogP contribution in [-0.4, -0.2) is 18.7 Å². The van der Waals surface area contributed by atoms with Crippen LogP contribution in [0.2, 0.25) is 0 Å². The summed E-state index contributed by atoms with van der Waals surface area (Å²) in [5, 5.41) is 0. The predicted molar refractivity (Wildman–Crippen MR) is 72.0 cm³/mol. The Balaban J connectivity index is 2.88. The zero-order chi connectivity index (χ0) is 13.0. The third kappa shape index (κ3) is 3.69. The lowest BCUT2D eigenvalue weighted by Crippen LogP contribution is -2.28. The van der Waals surface area contributed by atoms with Crippen molar-refractivity contribution < 1.29 is 4.79 Å². The fourth-order valence-electron chi connectivity index (χ4n) is 2.43. The van der Waals surface area contributed by atoms with Crippen molar-refractivity contribution in [1.29, 1.82) is 0 Å². The lowest BCUT2D eigenvalue weighted by molar-refractivity contribution is -0.111. The molecule has 0 bridgehead atoms. The second-order valence-corrected chi connectivity index (χ2v) is 5.45. The number of nitrogens with zero attached hydrogens (tertiary/aromatic N) is 1. The summed E-state index contributed by atoms with van der Waals surface area (Å²) in [6.45, 7) is 6.67. The van der Waals surface area contributed by atoms with Crippen LogP contribution in [0.1, 0.15) is 40.0 Å². The summed E-state index contributed by atoms with van der Waals surface area (Å²) in [5.74, 6) is 1.51. The fraction of sp³-hybridized carbons (Fsp3) is 0.714. The fourth-order valence-corrected chi connectivity index (χ4v) is 2.43. The summed E-state index contributed by atoms with van der Waals surface area (Å²) in [5.41, 5.74) is 7.05. The summed E-state index contributed by atoms with van der Waals surface area (Å²) in [4.78, 5) is 15.2. The molecule has 2 unspecified atom stereocenters. The van der Waals surface area contributed by atoms with Crippen LogP contribution in [0.5, 0.6) is 0 Å². The van der Waals surface area contributed by atoms with Gasteiger partial charge in [0.25, 0.3) is 5.91 Å². The van der Waals surface area contributed by atoms with Crippen molar-refractivity contribution >= 4 is 11.6 Å². The van der Waals surface area contributed by atoms with Crippen LogP contribution in [0.3, 0.4) is 0 Å². The highest BCUT2D eigenvalue weighted by Crippen LogP contribution is 2.41. The van der Waals surface area contributed by atoms with Gasteiger partial charge in [-0.3, -0.25) is 9.79 Å². The molecule has 0 radical (unpaired) electrons. The summed E-state index contributed by atoms with van der Waals surface area (Å²) in [6.07, 6.45) is 5.47. The van der Waals surface area contributed by atoms with Gasteiger partial charge in [0.2, 0.25) is 0 Å². The highest BCUT2D eigenvalue weighted by Gasteiger charge is 2.30. The van der Waals surface area contributed by atoms with Gasteiger partial charge in [-0.2, -0.15) is 0 Å². The van der Waals surface area contributed by atoms with E-state index in [2.05, 4.69) is 25.8 Å². The molecule has 1 rings (SSSR count). The Morgan fingerprint density at radius 1 is 1.47 bits per heavy atom. The Morgan fingerprint density at radius 2 is 2.12 bits per heavy atom. The number of carbonyl (C=O) groups excluding carboxylic acids is 1. The molecule has 1 fully saturated rings. The molecule has 1 aliphatic rings. The molecule has 0 saturated heterocycles. The lowest BCUT2D eigenvalue weighted by atomic mass is 9.69. The van der Waals surface area contributed by atoms with Gasteiger partial charge < -0.3 is 5.73 Å². The molecule has 96 valence electrons. The molecule has 3 heteroatoms. The molecule has 0 spiro atoms. The van der Waals surface area contributed by atoms with Crippen LogP contribution in [0.15, 0.2) is 16.6 Å². The van der Waals surface area contributed by atoms with E-state index in [0.717, 1.165) is 12.3 Å². The van der Waals surface area contributed by atoms with E-state index in [9.17, 15) is 4.79 Å². The maximum atomic E-state index is 11.2. The van der Waals surface area contributed by atoms with Gasteiger partial charge in [0.1, 0.15) is 5.71 Å². The molecule has 1 amide bonds. The number of primary amides is 1. The number of allylic oxidation sites excluding steroid dienone is 1. The van der Waals surface area contributed by atoms with E-state index in [1.807, 2.05) is 6.08 Å². The Labute approximate surface area is 104 Å². The average molecular weight is 236 g/mol. The van der Waals surface area contributed by atoms with E-state index in [1.165, 1.54) is 18.4 Å². The van der Waals surface area contributed by atoms with Gasteiger partial charge in [-0.1, -0.05) is 26.3 Å². The molecular weight excluding hydrogens is 212 g/mol. The van der Waals surface area contributed by atoms with Gasteiger partial charge in [-0.15, -0.1) is 0 Å². The molecule has 0 aromatic heterocycles. The Kier molecular flexibility index (Phi) is 4.91. The van der Waals surface area contributed by atoms with Crippen molar-refractivity contribution in [1.82, 2.24) is 0 Å². The number of hydrogen-bond acceptors (Lipinski definition) is 2. The standard InChI is InChI=1S/C14H24N2O/c1-9(2)7-11(12-6-5-10(12)3)8-13(16-4)14(15)17/h8-10,12H,5-7H2,1-4H3,(H2,15,17)/b11-8-,16-13?. The second-order valence-electron chi connectivity index (χ2n) is 5.45. The molecule has 1 saturated carbocycles. The van der Waals surface area contributed by atoms with E-state index in [-0.39, 0.29) is 0 Å². The summed E-state index contributed by atoms with van der Waals surface area (Å²) in [7, 11) is 1.62. The first-order valence-electron chi connectivity index (χ1n) is 6.42. The van der Waals surface area contributed by atoms with Gasteiger partial charge in [-0.05, 0) is 43.1 Å². The van der Waals surface area contributed by atoms with Crippen LogP contribution >= 0.6 is 0 Å². The second kappa shape index (κ2) is 5.99. The van der Waals surface area contributed by atoms with Crippen LogP contribution in [0.4, 0.5) is 0 Å². The van der Waals surface area contributed by atoms with Gasteiger partial charge >= 0.3 is 0 Å². The van der Waals surface area contributed by atoms with Crippen LogP contribution < -0.4 is 5.73 Å². The highest BCUT2D eigenvalue weighted by molar-refractivity contribution is 6.42. The molecule has 2 atom stereocenters. The average Bonchev–Trinajstić information content (AvgIpc) is 2.22. The molecule has 0 aromatic carbocycles. The van der Waals surface area contributed by atoms with Crippen molar-refractivity contribution in [3.63, 3.8) is 0 Å². The van der Waals surface area contributed by atoms with Crippen molar-refractivity contribution in [2.24, 2.45) is 28.5 Å². The summed E-state index contributed by atoms with van der Waals surface area (Å²) < 4.78 is 0. The van der Waals surface area contributed by atoms with E-state index in [4.69, 9.17) is 5.73 Å². The SMILES string of the molecule is CN=C(/C=C(/CC(C)C)C1CCC1C)C(N)=O. The van der Waals surface area contributed by atoms with Gasteiger partial charge in [0.15, 0.2) is 0 Å². The monoisotopic (exact) mass is 236 g/mol. The van der Waals surface area contributed by atoms with Crippen LogP contribution in [0, 0.1) is 17.8 Å². The zero-order valence-electron chi connectivity index (χ0n) is 11.4. The number of rotatable bonds is 5. The number of nitrogens with two attached hydrogens (primary N) is 1. The van der Waals surface area contributed by atoms with Crippen molar-refractivity contribution in [2.45, 2.75) is 40.0 Å². The van der Waals surface area contributed by atoms with Gasteiger partial charge in [0, 0.05) is 7.05 Å². The maximum absolute atomic E-state index is 11.2. The molecular formula is C14H24N2O. The summed E-state index contributed by atoms with van der Waals surface area (Å²) in [6, 6.07) is 0. The Morgan fingerprint density at radius 3 is 2.41 bits per heavy atom. The van der Waals surface area contributed by atoms with Gasteiger partial charge in [-0.25, -0.2) is 0 Å². The Bertz CT molecular complexity index is 342.